The van der Waals surface area contributed by atoms with Gasteiger partial charge in [0.2, 0.25) is 0 Å². The van der Waals surface area contributed by atoms with Crippen molar-refractivity contribution >= 4 is 11.8 Å². The summed E-state index contributed by atoms with van der Waals surface area (Å²) in [6, 6.07) is 4.47. The van der Waals surface area contributed by atoms with Gasteiger partial charge in [-0.15, -0.1) is 0 Å². The molecule has 126 valence electrons. The molecule has 0 bridgehead atoms. The summed E-state index contributed by atoms with van der Waals surface area (Å²) < 4.78 is 7.80. The third-order valence-electron chi connectivity index (χ3n) is 4.53. The minimum absolute atomic E-state index is 0.121. The third-order valence-corrected chi connectivity index (χ3v) is 5.56. The first-order valence-corrected chi connectivity index (χ1v) is 9.27. The number of aliphatic hydroxyl groups excluding tert-OH is 1. The summed E-state index contributed by atoms with van der Waals surface area (Å²) >= 11 is 1.99. The van der Waals surface area contributed by atoms with Gasteiger partial charge in [0.1, 0.15) is 11.5 Å². The molecule has 6 heteroatoms. The number of rotatable bonds is 5. The number of thioether (sulfide) groups is 1. The first-order valence-electron chi connectivity index (χ1n) is 8.12. The minimum Gasteiger partial charge on any atom is -0.465 e. The highest BCUT2D eigenvalue weighted by Crippen LogP contribution is 2.32. The van der Waals surface area contributed by atoms with E-state index < -0.39 is 0 Å². The summed E-state index contributed by atoms with van der Waals surface area (Å²) in [6.45, 7) is 8.76. The predicted octanol–water partition coefficient (Wildman–Crippen LogP) is 2.68. The van der Waals surface area contributed by atoms with Crippen LogP contribution in [0.15, 0.2) is 16.5 Å². The van der Waals surface area contributed by atoms with Crippen LogP contribution in [-0.2, 0) is 13.1 Å². The molecule has 3 rings (SSSR count). The van der Waals surface area contributed by atoms with Crippen molar-refractivity contribution in [1.82, 2.24) is 14.7 Å². The van der Waals surface area contributed by atoms with Crippen LogP contribution >= 0.6 is 11.8 Å². The molecule has 1 unspecified atom stereocenters. The molecule has 23 heavy (non-hydrogen) atoms. The van der Waals surface area contributed by atoms with Crippen molar-refractivity contribution in [2.45, 2.75) is 39.9 Å². The van der Waals surface area contributed by atoms with Crippen LogP contribution in [0.2, 0.25) is 0 Å². The van der Waals surface area contributed by atoms with Gasteiger partial charge in [-0.25, -0.2) is 0 Å². The SMILES string of the molecule is Cc1ccc(C2CSCCN2Cc2c(C)nn(CCO)c2C)o1. The van der Waals surface area contributed by atoms with Crippen molar-refractivity contribution in [3.63, 3.8) is 0 Å². The zero-order valence-electron chi connectivity index (χ0n) is 14.1. The highest BCUT2D eigenvalue weighted by molar-refractivity contribution is 7.99. The van der Waals surface area contributed by atoms with Crippen LogP contribution in [0.1, 0.15) is 34.5 Å². The van der Waals surface area contributed by atoms with Gasteiger partial charge in [0.05, 0.1) is 24.9 Å². The molecule has 1 fully saturated rings. The molecule has 1 saturated heterocycles. The fraction of sp³-hybridized carbons (Fsp3) is 0.588. The minimum atomic E-state index is 0.121. The Morgan fingerprint density at radius 1 is 1.35 bits per heavy atom. The average molecular weight is 335 g/mol. The zero-order chi connectivity index (χ0) is 16.4. The Labute approximate surface area is 141 Å². The topological polar surface area (TPSA) is 54.4 Å². The van der Waals surface area contributed by atoms with E-state index in [2.05, 4.69) is 29.9 Å². The van der Waals surface area contributed by atoms with Gasteiger partial charge in [0.25, 0.3) is 0 Å². The molecular formula is C17H25N3O2S. The molecule has 1 aliphatic rings. The molecule has 0 aromatic carbocycles. The van der Waals surface area contributed by atoms with Crippen LogP contribution in [0, 0.1) is 20.8 Å². The number of furan rings is 1. The highest BCUT2D eigenvalue weighted by atomic mass is 32.2. The average Bonchev–Trinajstić information content (AvgIpc) is 3.07. The fourth-order valence-corrected chi connectivity index (χ4v) is 4.33. The Bertz CT molecular complexity index is 665. The van der Waals surface area contributed by atoms with E-state index in [1.54, 1.807) is 0 Å². The zero-order valence-corrected chi connectivity index (χ0v) is 14.9. The Balaban J connectivity index is 1.82. The standard InChI is InChI=1S/C17H25N3O2S/c1-12-4-5-17(22-12)16-11-23-9-7-19(16)10-15-13(2)18-20(6-8-21)14(15)3/h4-5,16,21H,6-11H2,1-3H3. The van der Waals surface area contributed by atoms with E-state index >= 15 is 0 Å². The number of hydrogen-bond acceptors (Lipinski definition) is 5. The van der Waals surface area contributed by atoms with Crippen LogP contribution in [0.4, 0.5) is 0 Å². The first-order chi connectivity index (χ1) is 11.1. The van der Waals surface area contributed by atoms with Crippen molar-refractivity contribution in [3.05, 3.63) is 40.6 Å². The number of nitrogens with zero attached hydrogens (tertiary/aromatic N) is 3. The first kappa shape index (κ1) is 16.6. The van der Waals surface area contributed by atoms with Gasteiger partial charge in [-0.2, -0.15) is 16.9 Å². The lowest BCUT2D eigenvalue weighted by Crippen LogP contribution is -2.35. The molecule has 1 atom stereocenters. The summed E-state index contributed by atoms with van der Waals surface area (Å²) in [7, 11) is 0. The van der Waals surface area contributed by atoms with Crippen LogP contribution in [0.5, 0.6) is 0 Å². The highest BCUT2D eigenvalue weighted by Gasteiger charge is 2.28. The summed E-state index contributed by atoms with van der Waals surface area (Å²) in [5, 5.41) is 13.7. The van der Waals surface area contributed by atoms with E-state index in [4.69, 9.17) is 4.42 Å². The number of aliphatic hydroxyl groups is 1. The smallest absolute Gasteiger partial charge is 0.122 e. The molecular weight excluding hydrogens is 310 g/mol. The fourth-order valence-electron chi connectivity index (χ4n) is 3.20. The Hall–Kier alpha value is -1.24. The molecule has 5 nitrogen and oxygen atoms in total. The second-order valence-corrected chi connectivity index (χ2v) is 7.26. The van der Waals surface area contributed by atoms with Crippen molar-refractivity contribution in [2.24, 2.45) is 0 Å². The molecule has 2 aromatic rings. The normalized spacial score (nSPS) is 19.4. The summed E-state index contributed by atoms with van der Waals surface area (Å²) in [5.74, 6) is 4.25. The van der Waals surface area contributed by atoms with Crippen LogP contribution < -0.4 is 0 Å². The van der Waals surface area contributed by atoms with Crippen LogP contribution in [0.25, 0.3) is 0 Å². The van der Waals surface area contributed by atoms with Gasteiger partial charge in [0, 0.05) is 35.9 Å². The maximum atomic E-state index is 9.17. The lowest BCUT2D eigenvalue weighted by atomic mass is 10.1. The predicted molar refractivity (Wildman–Crippen MR) is 92.7 cm³/mol. The van der Waals surface area contributed by atoms with E-state index in [0.717, 1.165) is 47.5 Å². The van der Waals surface area contributed by atoms with E-state index in [1.807, 2.05) is 29.4 Å². The van der Waals surface area contributed by atoms with Crippen molar-refractivity contribution in [3.8, 4) is 0 Å². The summed E-state index contributed by atoms with van der Waals surface area (Å²) in [6.07, 6.45) is 0. The van der Waals surface area contributed by atoms with E-state index in [9.17, 15) is 5.11 Å². The molecule has 0 aliphatic carbocycles. The lowest BCUT2D eigenvalue weighted by molar-refractivity contribution is 0.186. The largest absolute Gasteiger partial charge is 0.465 e. The second-order valence-electron chi connectivity index (χ2n) is 6.11. The Morgan fingerprint density at radius 2 is 2.17 bits per heavy atom. The van der Waals surface area contributed by atoms with Gasteiger partial charge in [-0.1, -0.05) is 0 Å². The Morgan fingerprint density at radius 3 is 2.87 bits per heavy atom. The number of aromatic nitrogens is 2. The second kappa shape index (κ2) is 7.11. The van der Waals surface area contributed by atoms with Gasteiger partial charge >= 0.3 is 0 Å². The molecule has 3 heterocycles. The van der Waals surface area contributed by atoms with Crippen molar-refractivity contribution in [1.29, 1.82) is 0 Å². The maximum Gasteiger partial charge on any atom is 0.122 e. The maximum absolute atomic E-state index is 9.17. The molecule has 0 saturated carbocycles. The molecule has 1 N–H and O–H groups in total. The van der Waals surface area contributed by atoms with E-state index in [1.165, 1.54) is 5.56 Å². The molecule has 0 amide bonds. The van der Waals surface area contributed by atoms with Crippen molar-refractivity contribution < 1.29 is 9.52 Å². The third kappa shape index (κ3) is 3.49. The van der Waals surface area contributed by atoms with E-state index in [-0.39, 0.29) is 6.61 Å². The number of aryl methyl sites for hydroxylation is 2. The molecule has 0 spiro atoms. The van der Waals surface area contributed by atoms with Crippen LogP contribution in [0.3, 0.4) is 0 Å². The van der Waals surface area contributed by atoms with E-state index in [0.29, 0.717) is 12.6 Å². The summed E-state index contributed by atoms with van der Waals surface area (Å²) in [4.78, 5) is 2.50. The van der Waals surface area contributed by atoms with Crippen molar-refractivity contribution in [2.75, 3.05) is 24.7 Å². The Kier molecular flexibility index (Phi) is 5.14. The molecule has 2 aromatic heterocycles. The lowest BCUT2D eigenvalue weighted by Gasteiger charge is -2.34. The van der Waals surface area contributed by atoms with Gasteiger partial charge in [0.15, 0.2) is 0 Å². The van der Waals surface area contributed by atoms with Gasteiger partial charge in [-0.3, -0.25) is 9.58 Å². The molecule has 1 aliphatic heterocycles. The monoisotopic (exact) mass is 335 g/mol. The quantitative estimate of drug-likeness (QED) is 0.910. The van der Waals surface area contributed by atoms with Gasteiger partial charge < -0.3 is 9.52 Å². The van der Waals surface area contributed by atoms with Crippen LogP contribution in [-0.4, -0.2) is 44.4 Å². The van der Waals surface area contributed by atoms with Gasteiger partial charge in [-0.05, 0) is 32.9 Å². The number of hydrogen-bond donors (Lipinski definition) is 1. The molecule has 0 radical (unpaired) electrons. The summed E-state index contributed by atoms with van der Waals surface area (Å²) in [5.41, 5.74) is 3.49.